The zero-order valence-corrected chi connectivity index (χ0v) is 12.8. The Kier molecular flexibility index (Phi) is 4.03. The van der Waals surface area contributed by atoms with E-state index in [2.05, 4.69) is 26.6 Å². The van der Waals surface area contributed by atoms with Gasteiger partial charge in [0, 0.05) is 12.2 Å². The quantitative estimate of drug-likeness (QED) is 0.872. The van der Waals surface area contributed by atoms with Crippen LogP contribution >= 0.6 is 15.9 Å². The van der Waals surface area contributed by atoms with E-state index in [9.17, 15) is 9.18 Å². The largest absolute Gasteiger partial charge is 0.322 e. The standard InChI is InChI=1S/C16H14BrFN2O/c17-13-5-2-4-12(15(13)18)16(21)20-14-6-1-3-10-9-19-8-7-11(10)14/h1-6,19H,7-9H2,(H,20,21). The van der Waals surface area contributed by atoms with E-state index in [4.69, 9.17) is 0 Å². The van der Waals surface area contributed by atoms with Crippen molar-refractivity contribution in [3.05, 3.63) is 63.4 Å². The van der Waals surface area contributed by atoms with Gasteiger partial charge in [-0.15, -0.1) is 0 Å². The van der Waals surface area contributed by atoms with Crippen molar-refractivity contribution in [2.24, 2.45) is 0 Å². The number of halogens is 2. The number of hydrogen-bond acceptors (Lipinski definition) is 2. The molecule has 0 atom stereocenters. The summed E-state index contributed by atoms with van der Waals surface area (Å²) in [6, 6.07) is 10.5. The molecule has 2 aromatic rings. The molecule has 0 unspecified atom stereocenters. The normalized spacial score (nSPS) is 13.6. The Morgan fingerprint density at radius 1 is 1.24 bits per heavy atom. The molecular formula is C16H14BrFN2O. The van der Waals surface area contributed by atoms with Crippen LogP contribution in [0.1, 0.15) is 21.5 Å². The van der Waals surface area contributed by atoms with Gasteiger partial charge in [0.05, 0.1) is 10.0 Å². The van der Waals surface area contributed by atoms with Crippen LogP contribution in [0, 0.1) is 5.82 Å². The van der Waals surface area contributed by atoms with Crippen LogP contribution in [0.25, 0.3) is 0 Å². The van der Waals surface area contributed by atoms with Gasteiger partial charge in [-0.3, -0.25) is 4.79 Å². The lowest BCUT2D eigenvalue weighted by atomic mass is 9.99. The van der Waals surface area contributed by atoms with Gasteiger partial charge >= 0.3 is 0 Å². The monoisotopic (exact) mass is 348 g/mol. The molecule has 0 saturated carbocycles. The summed E-state index contributed by atoms with van der Waals surface area (Å²) < 4.78 is 14.3. The van der Waals surface area contributed by atoms with Gasteiger partial charge in [0.1, 0.15) is 5.82 Å². The molecular weight excluding hydrogens is 335 g/mol. The average Bonchev–Trinajstić information content (AvgIpc) is 2.50. The Morgan fingerprint density at radius 3 is 2.90 bits per heavy atom. The first-order chi connectivity index (χ1) is 10.2. The molecule has 1 aliphatic heterocycles. The van der Waals surface area contributed by atoms with Crippen molar-refractivity contribution in [2.45, 2.75) is 13.0 Å². The highest BCUT2D eigenvalue weighted by molar-refractivity contribution is 9.10. The van der Waals surface area contributed by atoms with E-state index in [0.29, 0.717) is 0 Å². The fourth-order valence-corrected chi connectivity index (χ4v) is 2.88. The van der Waals surface area contributed by atoms with Gasteiger partial charge in [-0.2, -0.15) is 0 Å². The van der Waals surface area contributed by atoms with E-state index in [0.717, 1.165) is 30.8 Å². The molecule has 0 radical (unpaired) electrons. The fourth-order valence-electron chi connectivity index (χ4n) is 2.52. The molecule has 3 nitrogen and oxygen atoms in total. The third kappa shape index (κ3) is 2.84. The highest BCUT2D eigenvalue weighted by Crippen LogP contribution is 2.25. The number of fused-ring (bicyclic) bond motifs is 1. The highest BCUT2D eigenvalue weighted by atomic mass is 79.9. The Morgan fingerprint density at radius 2 is 2.05 bits per heavy atom. The van der Waals surface area contributed by atoms with Crippen LogP contribution in [-0.4, -0.2) is 12.5 Å². The van der Waals surface area contributed by atoms with Crippen LogP contribution in [0.3, 0.4) is 0 Å². The van der Waals surface area contributed by atoms with Gasteiger partial charge < -0.3 is 10.6 Å². The van der Waals surface area contributed by atoms with E-state index in [1.54, 1.807) is 12.1 Å². The van der Waals surface area contributed by atoms with Crippen LogP contribution in [-0.2, 0) is 13.0 Å². The summed E-state index contributed by atoms with van der Waals surface area (Å²) >= 11 is 3.10. The summed E-state index contributed by atoms with van der Waals surface area (Å²) in [4.78, 5) is 12.3. The van der Waals surface area contributed by atoms with Crippen molar-refractivity contribution >= 4 is 27.5 Å². The SMILES string of the molecule is O=C(Nc1cccc2c1CCNC2)c1cccc(Br)c1F. The van der Waals surface area contributed by atoms with Gasteiger partial charge in [0.15, 0.2) is 0 Å². The molecule has 2 N–H and O–H groups in total. The van der Waals surface area contributed by atoms with Gasteiger partial charge in [0.25, 0.3) is 5.91 Å². The number of rotatable bonds is 2. The maximum absolute atomic E-state index is 14.0. The third-order valence-electron chi connectivity index (χ3n) is 3.58. The predicted molar refractivity (Wildman–Crippen MR) is 83.9 cm³/mol. The molecule has 0 saturated heterocycles. The number of carbonyl (C=O) groups is 1. The molecule has 0 fully saturated rings. The van der Waals surface area contributed by atoms with E-state index in [1.165, 1.54) is 11.6 Å². The predicted octanol–water partition coefficient (Wildman–Crippen LogP) is 3.49. The molecule has 0 aromatic heterocycles. The summed E-state index contributed by atoms with van der Waals surface area (Å²) in [7, 11) is 0. The third-order valence-corrected chi connectivity index (χ3v) is 4.20. The minimum atomic E-state index is -0.540. The van der Waals surface area contributed by atoms with Crippen LogP contribution in [0.2, 0.25) is 0 Å². The second-order valence-electron chi connectivity index (χ2n) is 4.93. The van der Waals surface area contributed by atoms with E-state index >= 15 is 0 Å². The molecule has 1 heterocycles. The lowest BCUT2D eigenvalue weighted by Gasteiger charge is -2.20. The number of anilines is 1. The summed E-state index contributed by atoms with van der Waals surface area (Å²) in [6.07, 6.45) is 0.854. The lowest BCUT2D eigenvalue weighted by Crippen LogP contribution is -2.25. The lowest BCUT2D eigenvalue weighted by molar-refractivity contribution is 0.102. The van der Waals surface area contributed by atoms with Gasteiger partial charge in [-0.1, -0.05) is 18.2 Å². The molecule has 0 bridgehead atoms. The molecule has 0 spiro atoms. The van der Waals surface area contributed by atoms with Crippen molar-refractivity contribution in [1.29, 1.82) is 0 Å². The van der Waals surface area contributed by atoms with Crippen molar-refractivity contribution in [1.82, 2.24) is 5.32 Å². The smallest absolute Gasteiger partial charge is 0.258 e. The molecule has 0 aliphatic carbocycles. The number of benzene rings is 2. The average molecular weight is 349 g/mol. The highest BCUT2D eigenvalue weighted by Gasteiger charge is 2.17. The molecule has 2 aromatic carbocycles. The molecule has 5 heteroatoms. The number of hydrogen-bond donors (Lipinski definition) is 2. The summed E-state index contributed by atoms with van der Waals surface area (Å²) in [6.45, 7) is 1.68. The second kappa shape index (κ2) is 5.95. The van der Waals surface area contributed by atoms with Crippen molar-refractivity contribution < 1.29 is 9.18 Å². The molecule has 108 valence electrons. The van der Waals surface area contributed by atoms with Crippen molar-refractivity contribution in [3.63, 3.8) is 0 Å². The minimum Gasteiger partial charge on any atom is -0.322 e. The Hall–Kier alpha value is -1.72. The number of nitrogens with one attached hydrogen (secondary N) is 2. The van der Waals surface area contributed by atoms with Crippen LogP contribution < -0.4 is 10.6 Å². The van der Waals surface area contributed by atoms with Crippen LogP contribution in [0.5, 0.6) is 0 Å². The van der Waals surface area contributed by atoms with Crippen molar-refractivity contribution in [3.8, 4) is 0 Å². The minimum absolute atomic E-state index is 0.0379. The zero-order valence-electron chi connectivity index (χ0n) is 11.2. The number of carbonyl (C=O) groups excluding carboxylic acids is 1. The summed E-state index contributed by atoms with van der Waals surface area (Å²) in [5.74, 6) is -0.970. The van der Waals surface area contributed by atoms with Gasteiger partial charge in [-0.05, 0) is 58.2 Å². The topological polar surface area (TPSA) is 41.1 Å². The maximum atomic E-state index is 14.0. The van der Waals surface area contributed by atoms with Crippen LogP contribution in [0.4, 0.5) is 10.1 Å². The van der Waals surface area contributed by atoms with Gasteiger partial charge in [0.2, 0.25) is 0 Å². The summed E-state index contributed by atoms with van der Waals surface area (Å²) in [5.41, 5.74) is 3.10. The maximum Gasteiger partial charge on any atom is 0.258 e. The fraction of sp³-hybridized carbons (Fsp3) is 0.188. The van der Waals surface area contributed by atoms with E-state index in [1.807, 2.05) is 18.2 Å². The molecule has 1 amide bonds. The molecule has 21 heavy (non-hydrogen) atoms. The zero-order chi connectivity index (χ0) is 14.8. The molecule has 1 aliphatic rings. The van der Waals surface area contributed by atoms with Gasteiger partial charge in [-0.25, -0.2) is 4.39 Å². The van der Waals surface area contributed by atoms with E-state index < -0.39 is 11.7 Å². The van der Waals surface area contributed by atoms with E-state index in [-0.39, 0.29) is 10.0 Å². The van der Waals surface area contributed by atoms with Crippen molar-refractivity contribution in [2.75, 3.05) is 11.9 Å². The summed E-state index contributed by atoms with van der Waals surface area (Å²) in [5, 5.41) is 6.12. The Balaban J connectivity index is 1.90. The number of amides is 1. The first kappa shape index (κ1) is 14.2. The first-order valence-electron chi connectivity index (χ1n) is 6.73. The Labute approximate surface area is 130 Å². The first-order valence-corrected chi connectivity index (χ1v) is 7.53. The second-order valence-corrected chi connectivity index (χ2v) is 5.78. The van der Waals surface area contributed by atoms with Crippen LogP contribution in [0.15, 0.2) is 40.9 Å². The molecule has 3 rings (SSSR count). The Bertz CT molecular complexity index is 703.